The number of amides is 2. The molecule has 0 bridgehead atoms. The lowest BCUT2D eigenvalue weighted by Gasteiger charge is -2.32. The van der Waals surface area contributed by atoms with Crippen molar-refractivity contribution in [2.45, 2.75) is 26.2 Å². The van der Waals surface area contributed by atoms with Crippen molar-refractivity contribution in [3.05, 3.63) is 95.1 Å². The third-order valence-corrected chi connectivity index (χ3v) is 6.34. The molecule has 1 fully saturated rings. The number of carbonyl (C=O) groups excluding carboxylic acids is 1. The molecule has 1 saturated heterocycles. The number of aromatic nitrogens is 1. The van der Waals surface area contributed by atoms with E-state index in [1.807, 2.05) is 31.2 Å². The van der Waals surface area contributed by atoms with Gasteiger partial charge in [-0.2, -0.15) is 0 Å². The Kier molecular flexibility index (Phi) is 8.63. The van der Waals surface area contributed by atoms with Crippen molar-refractivity contribution in [2.24, 2.45) is 5.92 Å². The second-order valence-electron chi connectivity index (χ2n) is 9.16. The number of carbonyl (C=O) groups is 1. The summed E-state index contributed by atoms with van der Waals surface area (Å²) in [6, 6.07) is 20.4. The highest BCUT2D eigenvalue weighted by atomic mass is 19.1. The van der Waals surface area contributed by atoms with Gasteiger partial charge < -0.3 is 15.5 Å². The van der Waals surface area contributed by atoms with E-state index in [4.69, 9.17) is 0 Å². The van der Waals surface area contributed by atoms with Crippen LogP contribution in [-0.2, 0) is 6.42 Å². The molecule has 0 unspecified atom stereocenters. The molecule has 2 heterocycles. The van der Waals surface area contributed by atoms with Crippen molar-refractivity contribution in [1.29, 1.82) is 0 Å². The van der Waals surface area contributed by atoms with E-state index in [-0.39, 0.29) is 11.8 Å². The van der Waals surface area contributed by atoms with Crippen LogP contribution in [0.25, 0.3) is 12.2 Å². The highest BCUT2D eigenvalue weighted by Gasteiger charge is 2.19. The smallest absolute Gasteiger partial charge is 0.319 e. The molecule has 3 aromatic rings. The molecule has 5 nitrogen and oxygen atoms in total. The molecule has 1 aromatic heterocycles. The van der Waals surface area contributed by atoms with Crippen LogP contribution in [0.2, 0.25) is 0 Å². The number of benzene rings is 2. The predicted molar refractivity (Wildman–Crippen MR) is 141 cm³/mol. The number of anilines is 1. The fourth-order valence-corrected chi connectivity index (χ4v) is 4.47. The van der Waals surface area contributed by atoms with E-state index in [0.717, 1.165) is 48.9 Å². The van der Waals surface area contributed by atoms with E-state index in [2.05, 4.69) is 50.8 Å². The number of pyridine rings is 1. The number of hydrogen-bond acceptors (Lipinski definition) is 3. The maximum Gasteiger partial charge on any atom is 0.319 e. The molecule has 0 saturated carbocycles. The Labute approximate surface area is 207 Å². The first-order chi connectivity index (χ1) is 17.0. The summed E-state index contributed by atoms with van der Waals surface area (Å²) in [5.74, 6) is 0.479. The lowest BCUT2D eigenvalue weighted by molar-refractivity contribution is 0.184. The van der Waals surface area contributed by atoms with Crippen LogP contribution in [0.4, 0.5) is 14.9 Å². The molecule has 2 amide bonds. The van der Waals surface area contributed by atoms with E-state index in [0.29, 0.717) is 12.2 Å². The van der Waals surface area contributed by atoms with E-state index in [1.54, 1.807) is 12.1 Å². The highest BCUT2D eigenvalue weighted by Crippen LogP contribution is 2.21. The second kappa shape index (κ2) is 12.3. The van der Waals surface area contributed by atoms with Gasteiger partial charge in [-0.15, -0.1) is 0 Å². The molecule has 6 heteroatoms. The van der Waals surface area contributed by atoms with Crippen LogP contribution in [0, 0.1) is 18.7 Å². The summed E-state index contributed by atoms with van der Waals surface area (Å²) >= 11 is 0. The van der Waals surface area contributed by atoms with E-state index < -0.39 is 0 Å². The topological polar surface area (TPSA) is 57.3 Å². The van der Waals surface area contributed by atoms with Gasteiger partial charge in [0.2, 0.25) is 0 Å². The molecule has 2 N–H and O–H groups in total. The molecule has 0 radical (unpaired) electrons. The molecule has 0 spiro atoms. The number of piperidine rings is 1. The van der Waals surface area contributed by atoms with E-state index in [1.165, 1.54) is 30.5 Å². The van der Waals surface area contributed by atoms with Crippen molar-refractivity contribution in [2.75, 3.05) is 31.5 Å². The van der Waals surface area contributed by atoms with Crippen LogP contribution >= 0.6 is 0 Å². The fourth-order valence-electron chi connectivity index (χ4n) is 4.47. The van der Waals surface area contributed by atoms with Gasteiger partial charge in [0, 0.05) is 24.5 Å². The number of rotatable bonds is 8. The van der Waals surface area contributed by atoms with Gasteiger partial charge in [-0.1, -0.05) is 48.5 Å². The average Bonchev–Trinajstić information content (AvgIpc) is 2.85. The van der Waals surface area contributed by atoms with Crippen LogP contribution in [0.3, 0.4) is 0 Å². The third-order valence-electron chi connectivity index (χ3n) is 6.34. The van der Waals surface area contributed by atoms with Gasteiger partial charge in [0.05, 0.1) is 5.69 Å². The van der Waals surface area contributed by atoms with Crippen LogP contribution in [0.1, 0.15) is 35.4 Å². The summed E-state index contributed by atoms with van der Waals surface area (Å²) in [5, 5.41) is 5.87. The summed E-state index contributed by atoms with van der Waals surface area (Å²) in [5.41, 5.74) is 4.52. The maximum atomic E-state index is 13.1. The first kappa shape index (κ1) is 24.6. The number of hydrogen-bond donors (Lipinski definition) is 2. The summed E-state index contributed by atoms with van der Waals surface area (Å²) in [6.45, 7) is 5.50. The molecule has 182 valence electrons. The number of urea groups is 1. The molecule has 2 aromatic carbocycles. The summed E-state index contributed by atoms with van der Waals surface area (Å²) in [4.78, 5) is 19.3. The van der Waals surface area contributed by atoms with Gasteiger partial charge in [-0.3, -0.25) is 4.98 Å². The van der Waals surface area contributed by atoms with E-state index in [9.17, 15) is 9.18 Å². The fraction of sp³-hybridized carbons (Fsp3) is 0.310. The Bertz CT molecular complexity index is 1120. The summed E-state index contributed by atoms with van der Waals surface area (Å²) in [7, 11) is 0. The van der Waals surface area contributed by atoms with Gasteiger partial charge in [0.15, 0.2) is 0 Å². The Morgan fingerprint density at radius 2 is 1.80 bits per heavy atom. The van der Waals surface area contributed by atoms with Crippen LogP contribution in [0.15, 0.2) is 66.7 Å². The normalized spacial score (nSPS) is 14.8. The number of aryl methyl sites for hydroxylation is 1. The Morgan fingerprint density at radius 1 is 1.06 bits per heavy atom. The number of likely N-dealkylation sites (tertiary alicyclic amines) is 1. The molecule has 1 aliphatic rings. The van der Waals surface area contributed by atoms with Crippen molar-refractivity contribution < 1.29 is 9.18 Å². The molecule has 4 rings (SSSR count). The lowest BCUT2D eigenvalue weighted by Crippen LogP contribution is -2.40. The maximum absolute atomic E-state index is 13.1. The minimum atomic E-state index is -0.263. The molecular formula is C29H33FN4O. The first-order valence-corrected chi connectivity index (χ1v) is 12.3. The Morgan fingerprint density at radius 3 is 2.54 bits per heavy atom. The quantitative estimate of drug-likeness (QED) is 0.437. The van der Waals surface area contributed by atoms with Crippen molar-refractivity contribution in [3.63, 3.8) is 0 Å². The SMILES string of the molecule is Cc1cc(NC(=O)NCCN2CCC(Cc3ccccc3)CC2)cc(/C=C/c2ccc(F)cc2)n1. The van der Waals surface area contributed by atoms with Crippen LogP contribution < -0.4 is 10.6 Å². The van der Waals surface area contributed by atoms with E-state index >= 15 is 0 Å². The van der Waals surface area contributed by atoms with Gasteiger partial charge in [0.25, 0.3) is 0 Å². The molecular weight excluding hydrogens is 439 g/mol. The summed E-state index contributed by atoms with van der Waals surface area (Å²) in [6.07, 6.45) is 7.28. The largest absolute Gasteiger partial charge is 0.337 e. The second-order valence-corrected chi connectivity index (χ2v) is 9.16. The minimum absolute atomic E-state index is 0.219. The standard InChI is InChI=1S/C29H33FN4O/c1-22-19-28(21-27(32-22)12-9-23-7-10-26(30)11-8-23)33-29(35)31-15-18-34-16-13-25(14-17-34)20-24-5-3-2-4-6-24/h2-12,19,21,25H,13-18,20H2,1H3,(H2,31,32,33,35)/b12-9+. The number of halogens is 1. The van der Waals surface area contributed by atoms with Gasteiger partial charge >= 0.3 is 6.03 Å². The number of nitrogens with zero attached hydrogens (tertiary/aromatic N) is 2. The zero-order chi connectivity index (χ0) is 24.5. The zero-order valence-electron chi connectivity index (χ0n) is 20.2. The zero-order valence-corrected chi connectivity index (χ0v) is 20.2. The molecule has 35 heavy (non-hydrogen) atoms. The summed E-state index contributed by atoms with van der Waals surface area (Å²) < 4.78 is 13.1. The van der Waals surface area contributed by atoms with Gasteiger partial charge in [-0.05, 0) is 86.7 Å². The minimum Gasteiger partial charge on any atom is -0.337 e. The third kappa shape index (κ3) is 8.04. The van der Waals surface area contributed by atoms with Crippen LogP contribution in [-0.4, -0.2) is 42.1 Å². The molecule has 0 atom stereocenters. The average molecular weight is 473 g/mol. The molecule has 1 aliphatic heterocycles. The Balaban J connectivity index is 1.19. The monoisotopic (exact) mass is 472 g/mol. The highest BCUT2D eigenvalue weighted by molar-refractivity contribution is 5.89. The van der Waals surface area contributed by atoms with Crippen molar-refractivity contribution in [1.82, 2.24) is 15.2 Å². The predicted octanol–water partition coefficient (Wildman–Crippen LogP) is 5.78. The van der Waals surface area contributed by atoms with Crippen LogP contribution in [0.5, 0.6) is 0 Å². The van der Waals surface area contributed by atoms with Crippen molar-refractivity contribution in [3.8, 4) is 0 Å². The lowest BCUT2D eigenvalue weighted by atomic mass is 9.90. The first-order valence-electron chi connectivity index (χ1n) is 12.3. The van der Waals surface area contributed by atoms with Crippen molar-refractivity contribution >= 4 is 23.9 Å². The van der Waals surface area contributed by atoms with Gasteiger partial charge in [-0.25, -0.2) is 9.18 Å². The number of nitrogens with one attached hydrogen (secondary N) is 2. The van der Waals surface area contributed by atoms with Gasteiger partial charge in [0.1, 0.15) is 5.82 Å². The molecule has 0 aliphatic carbocycles. The Hall–Kier alpha value is -3.51.